The number of rotatable bonds is 7. The molecule has 134 valence electrons. The summed E-state index contributed by atoms with van der Waals surface area (Å²) < 4.78 is 11.3. The molecule has 24 heavy (non-hydrogen) atoms. The Morgan fingerprint density at radius 1 is 1.29 bits per heavy atom. The standard InChI is InChI=1S/C19H30N2O3/c1-5-23-17-8-7-15(12-18(17)24-6-2)14(4)21-19(22)16-9-10-20-13(3)11-16/h7-8,12-14,16,20H,5-6,9-11H2,1-4H3,(H,21,22)/t13-,14?,16-/m0/s1. The Balaban J connectivity index is 2.04. The molecule has 1 heterocycles. The first-order valence-corrected chi connectivity index (χ1v) is 8.98. The fraction of sp³-hybridized carbons (Fsp3) is 0.632. The maximum absolute atomic E-state index is 12.5. The second-order valence-electron chi connectivity index (χ2n) is 6.38. The van der Waals surface area contributed by atoms with Crippen molar-refractivity contribution in [1.29, 1.82) is 0 Å². The second-order valence-corrected chi connectivity index (χ2v) is 6.38. The molecule has 2 N–H and O–H groups in total. The van der Waals surface area contributed by atoms with Crippen LogP contribution < -0.4 is 20.1 Å². The summed E-state index contributed by atoms with van der Waals surface area (Å²) in [6.07, 6.45) is 1.79. The lowest BCUT2D eigenvalue weighted by molar-refractivity contribution is -0.126. The van der Waals surface area contributed by atoms with E-state index in [-0.39, 0.29) is 17.9 Å². The van der Waals surface area contributed by atoms with Crippen LogP contribution in [0.3, 0.4) is 0 Å². The number of carbonyl (C=O) groups is 1. The average Bonchev–Trinajstić information content (AvgIpc) is 2.56. The first kappa shape index (κ1) is 18.6. The summed E-state index contributed by atoms with van der Waals surface area (Å²) in [5.41, 5.74) is 1.03. The normalized spacial score (nSPS) is 21.8. The van der Waals surface area contributed by atoms with E-state index in [4.69, 9.17) is 9.47 Å². The second kappa shape index (κ2) is 8.92. The van der Waals surface area contributed by atoms with Gasteiger partial charge in [-0.1, -0.05) is 6.07 Å². The third-order valence-electron chi connectivity index (χ3n) is 4.42. The molecule has 2 rings (SSSR count). The van der Waals surface area contributed by atoms with E-state index < -0.39 is 0 Å². The zero-order valence-corrected chi connectivity index (χ0v) is 15.2. The first-order valence-electron chi connectivity index (χ1n) is 8.98. The highest BCUT2D eigenvalue weighted by atomic mass is 16.5. The number of carbonyl (C=O) groups excluding carboxylic acids is 1. The molecule has 0 radical (unpaired) electrons. The van der Waals surface area contributed by atoms with Crippen molar-refractivity contribution in [2.75, 3.05) is 19.8 Å². The minimum absolute atomic E-state index is 0.0578. The minimum Gasteiger partial charge on any atom is -0.490 e. The number of amides is 1. The van der Waals surface area contributed by atoms with Gasteiger partial charge in [0.2, 0.25) is 5.91 Å². The van der Waals surface area contributed by atoms with Crippen LogP contribution in [0.1, 0.15) is 52.1 Å². The predicted octanol–water partition coefficient (Wildman–Crippen LogP) is 3.05. The van der Waals surface area contributed by atoms with Gasteiger partial charge in [0.25, 0.3) is 0 Å². The zero-order chi connectivity index (χ0) is 17.5. The number of hydrogen-bond donors (Lipinski definition) is 2. The Morgan fingerprint density at radius 3 is 2.67 bits per heavy atom. The SMILES string of the molecule is CCOc1ccc(C(C)NC(=O)[C@H]2CCN[C@@H](C)C2)cc1OCC. The zero-order valence-electron chi connectivity index (χ0n) is 15.2. The van der Waals surface area contributed by atoms with Crippen LogP contribution in [-0.4, -0.2) is 31.7 Å². The summed E-state index contributed by atoms with van der Waals surface area (Å²) in [6, 6.07) is 6.21. The molecular formula is C19H30N2O3. The topological polar surface area (TPSA) is 59.6 Å². The Labute approximate surface area is 145 Å². The molecule has 0 aromatic heterocycles. The van der Waals surface area contributed by atoms with Gasteiger partial charge < -0.3 is 20.1 Å². The maximum atomic E-state index is 12.5. The number of ether oxygens (including phenoxy) is 2. The van der Waals surface area contributed by atoms with Gasteiger partial charge in [-0.25, -0.2) is 0 Å². The van der Waals surface area contributed by atoms with E-state index in [2.05, 4.69) is 17.6 Å². The highest BCUT2D eigenvalue weighted by Crippen LogP contribution is 2.31. The molecule has 0 spiro atoms. The molecule has 1 saturated heterocycles. The van der Waals surface area contributed by atoms with Crippen LogP contribution in [-0.2, 0) is 4.79 Å². The molecule has 0 saturated carbocycles. The monoisotopic (exact) mass is 334 g/mol. The Hall–Kier alpha value is -1.75. The molecule has 3 atom stereocenters. The molecule has 1 unspecified atom stereocenters. The van der Waals surface area contributed by atoms with Crippen LogP contribution in [0, 0.1) is 5.92 Å². The molecule has 5 heteroatoms. The van der Waals surface area contributed by atoms with E-state index in [1.165, 1.54) is 0 Å². The summed E-state index contributed by atoms with van der Waals surface area (Å²) >= 11 is 0. The van der Waals surface area contributed by atoms with Gasteiger partial charge in [0.15, 0.2) is 11.5 Å². The van der Waals surface area contributed by atoms with Crippen LogP contribution in [0.5, 0.6) is 11.5 Å². The number of hydrogen-bond acceptors (Lipinski definition) is 4. The molecule has 0 bridgehead atoms. The Morgan fingerprint density at radius 2 is 2.00 bits per heavy atom. The molecule has 1 aromatic carbocycles. The lowest BCUT2D eigenvalue weighted by Gasteiger charge is -2.28. The highest BCUT2D eigenvalue weighted by molar-refractivity contribution is 5.79. The van der Waals surface area contributed by atoms with Gasteiger partial charge in [-0.05, 0) is 64.8 Å². The van der Waals surface area contributed by atoms with Crippen molar-refractivity contribution in [3.63, 3.8) is 0 Å². The van der Waals surface area contributed by atoms with E-state index in [1.54, 1.807) is 0 Å². The predicted molar refractivity (Wildman–Crippen MR) is 95.5 cm³/mol. The van der Waals surface area contributed by atoms with Crippen molar-refractivity contribution < 1.29 is 14.3 Å². The largest absolute Gasteiger partial charge is 0.490 e. The van der Waals surface area contributed by atoms with Gasteiger partial charge in [0, 0.05) is 12.0 Å². The van der Waals surface area contributed by atoms with Crippen molar-refractivity contribution in [1.82, 2.24) is 10.6 Å². The van der Waals surface area contributed by atoms with Gasteiger partial charge in [-0.15, -0.1) is 0 Å². The summed E-state index contributed by atoms with van der Waals surface area (Å²) in [5, 5.41) is 6.53. The fourth-order valence-electron chi connectivity index (χ4n) is 3.12. The van der Waals surface area contributed by atoms with Crippen LogP contribution >= 0.6 is 0 Å². The van der Waals surface area contributed by atoms with Gasteiger partial charge >= 0.3 is 0 Å². The maximum Gasteiger partial charge on any atom is 0.223 e. The highest BCUT2D eigenvalue weighted by Gasteiger charge is 2.25. The number of piperidine rings is 1. The first-order chi connectivity index (χ1) is 11.5. The molecule has 1 amide bonds. The minimum atomic E-state index is -0.0578. The van der Waals surface area contributed by atoms with Crippen LogP contribution in [0.2, 0.25) is 0 Å². The summed E-state index contributed by atoms with van der Waals surface area (Å²) in [5.74, 6) is 1.71. The van der Waals surface area contributed by atoms with E-state index in [9.17, 15) is 4.79 Å². The lowest BCUT2D eigenvalue weighted by Crippen LogP contribution is -2.42. The van der Waals surface area contributed by atoms with Gasteiger partial charge in [-0.2, -0.15) is 0 Å². The smallest absolute Gasteiger partial charge is 0.223 e. The number of benzene rings is 1. The molecule has 5 nitrogen and oxygen atoms in total. The van der Waals surface area contributed by atoms with Crippen molar-refractivity contribution in [3.05, 3.63) is 23.8 Å². The Bertz CT molecular complexity index is 547. The van der Waals surface area contributed by atoms with Crippen molar-refractivity contribution in [2.45, 2.75) is 52.6 Å². The Kier molecular flexibility index (Phi) is 6.91. The molecule has 1 aliphatic heterocycles. The van der Waals surface area contributed by atoms with E-state index in [0.717, 1.165) is 36.4 Å². The average molecular weight is 334 g/mol. The quantitative estimate of drug-likeness (QED) is 0.805. The van der Waals surface area contributed by atoms with Crippen LogP contribution in [0.15, 0.2) is 18.2 Å². The van der Waals surface area contributed by atoms with Gasteiger partial charge in [-0.3, -0.25) is 4.79 Å². The summed E-state index contributed by atoms with van der Waals surface area (Å²) in [7, 11) is 0. The molecule has 1 aliphatic rings. The summed E-state index contributed by atoms with van der Waals surface area (Å²) in [4.78, 5) is 12.5. The van der Waals surface area contributed by atoms with E-state index in [0.29, 0.717) is 19.3 Å². The third-order valence-corrected chi connectivity index (χ3v) is 4.42. The molecule has 1 aromatic rings. The van der Waals surface area contributed by atoms with Gasteiger partial charge in [0.05, 0.1) is 19.3 Å². The van der Waals surface area contributed by atoms with Crippen molar-refractivity contribution >= 4 is 5.91 Å². The van der Waals surface area contributed by atoms with Crippen LogP contribution in [0.4, 0.5) is 0 Å². The molecule has 1 fully saturated rings. The van der Waals surface area contributed by atoms with E-state index in [1.807, 2.05) is 39.0 Å². The van der Waals surface area contributed by atoms with E-state index >= 15 is 0 Å². The third kappa shape index (κ3) is 4.87. The molecule has 0 aliphatic carbocycles. The fourth-order valence-corrected chi connectivity index (χ4v) is 3.12. The van der Waals surface area contributed by atoms with Gasteiger partial charge in [0.1, 0.15) is 0 Å². The molecular weight excluding hydrogens is 304 g/mol. The van der Waals surface area contributed by atoms with Crippen molar-refractivity contribution in [2.24, 2.45) is 5.92 Å². The van der Waals surface area contributed by atoms with Crippen LogP contribution in [0.25, 0.3) is 0 Å². The lowest BCUT2D eigenvalue weighted by atomic mass is 9.92. The summed E-state index contributed by atoms with van der Waals surface area (Å²) in [6.45, 7) is 10.1. The number of nitrogens with one attached hydrogen (secondary N) is 2. The van der Waals surface area contributed by atoms with Crippen molar-refractivity contribution in [3.8, 4) is 11.5 Å².